The molecule has 0 spiro atoms. The van der Waals surface area contributed by atoms with Crippen LogP contribution in [0.15, 0.2) is 36.5 Å². The lowest BCUT2D eigenvalue weighted by Crippen LogP contribution is -2.35. The summed E-state index contributed by atoms with van der Waals surface area (Å²) in [5.41, 5.74) is 5.44. The summed E-state index contributed by atoms with van der Waals surface area (Å²) in [6, 6.07) is 10.1. The molecule has 0 aliphatic heterocycles. The summed E-state index contributed by atoms with van der Waals surface area (Å²) in [6.45, 7) is 4.25. The van der Waals surface area contributed by atoms with Crippen LogP contribution in [0.25, 0.3) is 28.1 Å². The number of nitrogens with one attached hydrogen (secondary N) is 2. The maximum Gasteiger partial charge on any atom is 0.214 e. The fraction of sp³-hybridized carbons (Fsp3) is 0.458. The van der Waals surface area contributed by atoms with Crippen molar-refractivity contribution in [2.45, 2.75) is 63.2 Å². The molecule has 172 valence electrons. The number of rotatable bonds is 6. The molecule has 1 aromatic carbocycles. The van der Waals surface area contributed by atoms with E-state index in [1.807, 2.05) is 24.4 Å². The van der Waals surface area contributed by atoms with Crippen LogP contribution in [-0.2, 0) is 10.0 Å². The Bertz CT molecular complexity index is 1450. The summed E-state index contributed by atoms with van der Waals surface area (Å²) in [5, 5.41) is 9.10. The van der Waals surface area contributed by atoms with Gasteiger partial charge in [0.15, 0.2) is 11.3 Å². The van der Waals surface area contributed by atoms with Crippen molar-refractivity contribution in [1.82, 2.24) is 29.3 Å². The number of fused-ring (bicyclic) bond motifs is 3. The Morgan fingerprint density at radius 3 is 2.73 bits per heavy atom. The van der Waals surface area contributed by atoms with Crippen LogP contribution >= 0.6 is 0 Å². The smallest absolute Gasteiger partial charge is 0.214 e. The number of aromatic amines is 1. The zero-order chi connectivity index (χ0) is 22.7. The van der Waals surface area contributed by atoms with Gasteiger partial charge >= 0.3 is 0 Å². The average Bonchev–Trinajstić information content (AvgIpc) is 3.23. The monoisotopic (exact) mass is 464 g/mol. The summed E-state index contributed by atoms with van der Waals surface area (Å²) in [7, 11) is -3.22. The molecule has 2 saturated carbocycles. The molecule has 6 rings (SSSR count). The molecule has 8 nitrogen and oxygen atoms in total. The lowest BCUT2D eigenvalue weighted by molar-refractivity contribution is 0.449. The van der Waals surface area contributed by atoms with E-state index in [-0.39, 0.29) is 17.2 Å². The molecule has 0 amide bonds. The van der Waals surface area contributed by atoms with Crippen LogP contribution in [-0.4, -0.2) is 44.3 Å². The third-order valence-corrected chi connectivity index (χ3v) is 9.32. The number of hydrogen-bond acceptors (Lipinski definition) is 5. The van der Waals surface area contributed by atoms with Crippen molar-refractivity contribution >= 4 is 26.8 Å². The van der Waals surface area contributed by atoms with E-state index < -0.39 is 10.0 Å². The minimum Gasteiger partial charge on any atom is -0.345 e. The Labute approximate surface area is 192 Å². The van der Waals surface area contributed by atoms with Gasteiger partial charge in [-0.15, -0.1) is 10.2 Å². The summed E-state index contributed by atoms with van der Waals surface area (Å²) < 4.78 is 30.3. The molecule has 2 fully saturated rings. The third kappa shape index (κ3) is 3.45. The van der Waals surface area contributed by atoms with Crippen LogP contribution in [0.5, 0.6) is 0 Å². The van der Waals surface area contributed by atoms with Gasteiger partial charge in [-0.05, 0) is 50.2 Å². The van der Waals surface area contributed by atoms with Crippen molar-refractivity contribution in [2.75, 3.05) is 0 Å². The first kappa shape index (κ1) is 20.8. The Hall–Kier alpha value is -2.78. The second kappa shape index (κ2) is 7.63. The second-order valence-electron chi connectivity index (χ2n) is 9.51. The van der Waals surface area contributed by atoms with Crippen molar-refractivity contribution in [3.8, 4) is 11.3 Å². The van der Waals surface area contributed by atoms with Gasteiger partial charge in [-0.25, -0.2) is 18.1 Å². The predicted octanol–water partition coefficient (Wildman–Crippen LogP) is 3.94. The number of aryl methyl sites for hydroxylation is 1. The van der Waals surface area contributed by atoms with Crippen LogP contribution in [0, 0.1) is 12.8 Å². The quantitative estimate of drug-likeness (QED) is 0.450. The largest absolute Gasteiger partial charge is 0.345 e. The summed E-state index contributed by atoms with van der Waals surface area (Å²) in [4.78, 5) is 8.15. The number of nitrogens with zero attached hydrogens (tertiary/aromatic N) is 4. The Balaban J connectivity index is 1.46. The van der Waals surface area contributed by atoms with Gasteiger partial charge in [0, 0.05) is 23.7 Å². The molecule has 2 aliphatic carbocycles. The first-order valence-corrected chi connectivity index (χ1v) is 13.3. The van der Waals surface area contributed by atoms with Gasteiger partial charge in [-0.2, -0.15) is 0 Å². The minimum absolute atomic E-state index is 0.0581. The van der Waals surface area contributed by atoms with Crippen molar-refractivity contribution in [3.05, 3.63) is 47.9 Å². The van der Waals surface area contributed by atoms with E-state index in [0.29, 0.717) is 5.92 Å². The Morgan fingerprint density at radius 2 is 1.97 bits per heavy atom. The van der Waals surface area contributed by atoms with Gasteiger partial charge in [0.25, 0.3) is 0 Å². The Morgan fingerprint density at radius 1 is 1.15 bits per heavy atom. The molecule has 0 radical (unpaired) electrons. The lowest BCUT2D eigenvalue weighted by atomic mass is 9.93. The van der Waals surface area contributed by atoms with Crippen molar-refractivity contribution in [3.63, 3.8) is 0 Å². The second-order valence-corrected chi connectivity index (χ2v) is 11.5. The number of sulfonamides is 1. The maximum atomic E-state index is 12.6. The molecule has 3 heterocycles. The van der Waals surface area contributed by atoms with E-state index in [1.165, 1.54) is 0 Å². The van der Waals surface area contributed by atoms with Gasteiger partial charge in [0.05, 0.1) is 10.8 Å². The van der Waals surface area contributed by atoms with E-state index in [9.17, 15) is 8.42 Å². The number of aromatic nitrogens is 5. The van der Waals surface area contributed by atoms with Crippen molar-refractivity contribution in [2.24, 2.45) is 5.92 Å². The average molecular weight is 465 g/mol. The summed E-state index contributed by atoms with van der Waals surface area (Å²) in [6.07, 6.45) is 5.97. The minimum atomic E-state index is -3.22. The van der Waals surface area contributed by atoms with E-state index in [0.717, 1.165) is 71.6 Å². The first-order valence-electron chi connectivity index (χ1n) is 11.8. The SMILES string of the molecule is CC[C@@H]1C[C@H](NS(=O)(=O)C2CC2)C[C@@H]1c1nnc2c(-c3ccccc3C)nc3[nH]ccc3n12. The van der Waals surface area contributed by atoms with Crippen molar-refractivity contribution in [1.29, 1.82) is 0 Å². The van der Waals surface area contributed by atoms with E-state index >= 15 is 0 Å². The molecule has 2 N–H and O–H groups in total. The first-order chi connectivity index (χ1) is 16.0. The van der Waals surface area contributed by atoms with E-state index in [4.69, 9.17) is 4.98 Å². The molecule has 0 bridgehead atoms. The topological polar surface area (TPSA) is 105 Å². The van der Waals surface area contributed by atoms with Crippen LogP contribution < -0.4 is 4.72 Å². The molecule has 33 heavy (non-hydrogen) atoms. The summed E-state index contributed by atoms with van der Waals surface area (Å²) in [5.74, 6) is 1.36. The fourth-order valence-electron chi connectivity index (χ4n) is 5.43. The molecule has 3 atom stereocenters. The zero-order valence-electron chi connectivity index (χ0n) is 18.8. The highest BCUT2D eigenvalue weighted by atomic mass is 32.2. The summed E-state index contributed by atoms with van der Waals surface area (Å²) >= 11 is 0. The van der Waals surface area contributed by atoms with Crippen LogP contribution in [0.2, 0.25) is 0 Å². The van der Waals surface area contributed by atoms with E-state index in [1.54, 1.807) is 0 Å². The molecule has 2 aliphatic rings. The van der Waals surface area contributed by atoms with Gasteiger partial charge < -0.3 is 4.98 Å². The molecular weight excluding hydrogens is 436 g/mol. The molecular formula is C24H28N6O2S. The number of benzene rings is 1. The van der Waals surface area contributed by atoms with Gasteiger partial charge in [-0.3, -0.25) is 4.40 Å². The molecule has 3 aromatic heterocycles. The lowest BCUT2D eigenvalue weighted by Gasteiger charge is -2.16. The maximum absolute atomic E-state index is 12.6. The highest BCUT2D eigenvalue weighted by Gasteiger charge is 2.42. The molecule has 9 heteroatoms. The predicted molar refractivity (Wildman–Crippen MR) is 127 cm³/mol. The third-order valence-electron chi connectivity index (χ3n) is 7.31. The highest BCUT2D eigenvalue weighted by Crippen LogP contribution is 2.43. The zero-order valence-corrected chi connectivity index (χ0v) is 19.6. The number of H-pyrrole nitrogens is 1. The van der Waals surface area contributed by atoms with Crippen LogP contribution in [0.3, 0.4) is 0 Å². The van der Waals surface area contributed by atoms with Crippen LogP contribution in [0.1, 0.15) is 56.3 Å². The fourth-order valence-corrected chi connectivity index (χ4v) is 7.03. The standard InChI is InChI=1S/C24H28N6O2S/c1-3-15-12-16(29-33(31,32)17-8-9-17)13-19(15)23-27-28-24-21(18-7-5-4-6-14(18)2)26-22-20(30(23)24)10-11-25-22/h4-7,10-11,15-17,19,25,29H,3,8-9,12-13H2,1-2H3/t15-,16+,19+/m1/s1. The normalized spacial score (nSPS) is 23.6. The number of hydrogen-bond donors (Lipinski definition) is 2. The van der Waals surface area contributed by atoms with Gasteiger partial charge in [0.1, 0.15) is 11.5 Å². The highest BCUT2D eigenvalue weighted by molar-refractivity contribution is 7.90. The van der Waals surface area contributed by atoms with Gasteiger partial charge in [-0.1, -0.05) is 37.6 Å². The molecule has 4 aromatic rings. The van der Waals surface area contributed by atoms with Crippen LogP contribution in [0.4, 0.5) is 0 Å². The Kier molecular flexibility index (Phi) is 4.81. The van der Waals surface area contributed by atoms with Gasteiger partial charge in [0.2, 0.25) is 10.0 Å². The molecule has 0 saturated heterocycles. The molecule has 0 unspecified atom stereocenters. The van der Waals surface area contributed by atoms with E-state index in [2.05, 4.69) is 50.3 Å². The van der Waals surface area contributed by atoms with Crippen molar-refractivity contribution < 1.29 is 8.42 Å².